The van der Waals surface area contributed by atoms with Gasteiger partial charge in [-0.05, 0) is 0 Å². The number of oxime groups is 1. The average Bonchev–Trinajstić information content (AvgIpc) is 3.51. The fourth-order valence-electron chi connectivity index (χ4n) is 3.10. The number of hydrazone groups is 1. The van der Waals surface area contributed by atoms with Gasteiger partial charge < -0.3 is 38.3 Å². The maximum absolute atomic E-state index is 13.0. The Morgan fingerprint density at radius 2 is 2.05 bits per heavy atom. The van der Waals surface area contributed by atoms with Crippen molar-refractivity contribution in [2.45, 2.75) is 30.5 Å². The summed E-state index contributed by atoms with van der Waals surface area (Å²) in [7, 11) is -5.01. The van der Waals surface area contributed by atoms with Crippen molar-refractivity contribution >= 4 is 68.2 Å². The Balaban J connectivity index is 1.81. The number of amides is 2. The Kier molecular flexibility index (Phi) is 8.12. The first-order valence-corrected chi connectivity index (χ1v) is 12.7. The van der Waals surface area contributed by atoms with Gasteiger partial charge in [0.25, 0.3) is 11.8 Å². The van der Waals surface area contributed by atoms with Crippen LogP contribution in [0, 0.1) is 0 Å². The first kappa shape index (κ1) is 28.2. The van der Waals surface area contributed by atoms with Crippen LogP contribution < -0.4 is 28.4 Å². The zero-order valence-corrected chi connectivity index (χ0v) is 20.9. The number of carbonyl (C=O) groups excluding carboxylic acids is 2. The number of thiazole rings is 1. The number of aromatic nitrogens is 1. The van der Waals surface area contributed by atoms with Crippen molar-refractivity contribution in [1.82, 2.24) is 14.6 Å². The molecule has 0 bridgehead atoms. The Hall–Kier alpha value is -4.37. The number of nitrogens with zero attached hydrogens (tertiary/aromatic N) is 6. The molecule has 2 atom stereocenters. The fraction of sp³-hybridized carbons (Fsp3) is 0.412. The molecule has 2 amide bonds. The second-order valence-electron chi connectivity index (χ2n) is 7.89. The molecule has 19 nitrogen and oxygen atoms in total. The number of rotatable bonds is 12. The number of carbonyl (C=O) groups is 3. The molecule has 1 saturated carbocycles. The molecular formula is C17H23N11O8S2. The molecule has 3 rings (SSSR count). The molecule has 206 valence electrons. The van der Waals surface area contributed by atoms with Gasteiger partial charge in [-0.25, -0.2) is 19.1 Å². The van der Waals surface area contributed by atoms with E-state index in [1.807, 2.05) is 0 Å². The van der Waals surface area contributed by atoms with E-state index in [0.717, 1.165) is 17.6 Å². The minimum absolute atomic E-state index is 0.0578. The van der Waals surface area contributed by atoms with Crippen molar-refractivity contribution in [2.24, 2.45) is 37.6 Å². The summed E-state index contributed by atoms with van der Waals surface area (Å²) in [5, 5.41) is 20.0. The first-order valence-electron chi connectivity index (χ1n) is 10.4. The zero-order chi connectivity index (χ0) is 28.3. The average molecular weight is 574 g/mol. The zero-order valence-electron chi connectivity index (χ0n) is 19.3. The minimum atomic E-state index is -5.01. The predicted molar refractivity (Wildman–Crippen MR) is 134 cm³/mol. The topological polar surface area (TPSA) is 317 Å². The highest BCUT2D eigenvalue weighted by molar-refractivity contribution is 7.84. The number of hydrogen-bond acceptors (Lipinski definition) is 14. The summed E-state index contributed by atoms with van der Waals surface area (Å²) in [6, 6.07) is -2.86. The van der Waals surface area contributed by atoms with Crippen LogP contribution in [0.15, 0.2) is 25.6 Å². The summed E-state index contributed by atoms with van der Waals surface area (Å²) in [5.41, 5.74) is 14.0. The Bertz CT molecular complexity index is 1350. The summed E-state index contributed by atoms with van der Waals surface area (Å²) in [4.78, 5) is 53.6. The lowest BCUT2D eigenvalue weighted by molar-refractivity contribution is -0.153. The van der Waals surface area contributed by atoms with E-state index in [2.05, 4.69) is 30.5 Å². The van der Waals surface area contributed by atoms with Gasteiger partial charge in [-0.3, -0.25) is 19.1 Å². The van der Waals surface area contributed by atoms with Gasteiger partial charge in [0.1, 0.15) is 11.7 Å². The standard InChI is InChI=1S/C17H23N11O8S2/c18-15(19)23-4-7(26-21)3-22-5-9-11(13(30)28(9)38(33,34)35)25-12(29)10(8-6-37-16(20)24-8)27-36-17(1-2-17)14(31)32/h3,6,9,11H,1-2,4-5,21H2,(H2,20,24)(H,25,29)(H,31,32)(H4,18,19,23)(H,33,34,35)/b22-3?,26-7+,27-10-/t9-,11+/m1/s1. The first-order chi connectivity index (χ1) is 17.8. The van der Waals surface area contributed by atoms with E-state index in [-0.39, 0.29) is 46.2 Å². The number of aliphatic carboxylic acids is 1. The van der Waals surface area contributed by atoms with E-state index >= 15 is 0 Å². The summed E-state index contributed by atoms with van der Waals surface area (Å²) in [6.07, 6.45) is 1.42. The van der Waals surface area contributed by atoms with Crippen molar-refractivity contribution in [3.8, 4) is 0 Å². The van der Waals surface area contributed by atoms with Crippen molar-refractivity contribution in [2.75, 3.05) is 18.8 Å². The van der Waals surface area contributed by atoms with Gasteiger partial charge in [-0.15, -0.1) is 11.3 Å². The molecular weight excluding hydrogens is 550 g/mol. The third-order valence-electron chi connectivity index (χ3n) is 5.21. The number of nitrogens with two attached hydrogens (primary N) is 4. The van der Waals surface area contributed by atoms with E-state index in [9.17, 15) is 32.5 Å². The van der Waals surface area contributed by atoms with Gasteiger partial charge >= 0.3 is 16.3 Å². The van der Waals surface area contributed by atoms with E-state index in [0.29, 0.717) is 0 Å². The molecule has 0 aromatic carbocycles. The van der Waals surface area contributed by atoms with E-state index in [4.69, 9.17) is 27.9 Å². The van der Waals surface area contributed by atoms with E-state index < -0.39 is 58.0 Å². The summed E-state index contributed by atoms with van der Waals surface area (Å²) in [6.45, 7) is -0.589. The highest BCUT2D eigenvalue weighted by Crippen LogP contribution is 2.40. The SMILES string of the molecule is N/N=C(\C=NC[C@@H]1[C@H](NC(=O)/C(=N\OC2(C(=O)O)CC2)c2csc(N)n2)C(=O)N1S(=O)(=O)O)CN=C(N)N. The van der Waals surface area contributed by atoms with Gasteiger partial charge in [0, 0.05) is 24.4 Å². The van der Waals surface area contributed by atoms with Crippen LogP contribution in [0.4, 0.5) is 5.13 Å². The van der Waals surface area contributed by atoms with E-state index in [1.165, 1.54) is 5.38 Å². The molecule has 0 unspecified atom stereocenters. The number of carboxylic acids is 1. The lowest BCUT2D eigenvalue weighted by Crippen LogP contribution is -2.73. The number of carboxylic acid groups (broad SMARTS) is 1. The van der Waals surface area contributed by atoms with Crippen molar-refractivity contribution in [3.63, 3.8) is 0 Å². The van der Waals surface area contributed by atoms with Crippen LogP contribution in [0.1, 0.15) is 18.5 Å². The maximum atomic E-state index is 13.0. The van der Waals surface area contributed by atoms with Gasteiger partial charge in [0.15, 0.2) is 16.8 Å². The van der Waals surface area contributed by atoms with Gasteiger partial charge in [0.2, 0.25) is 5.60 Å². The molecule has 1 aliphatic carbocycles. The Labute approximate surface area is 218 Å². The molecule has 1 saturated heterocycles. The molecule has 11 N–H and O–H groups in total. The molecule has 1 aromatic heterocycles. The smallest absolute Gasteiger partial charge is 0.362 e. The number of anilines is 1. The van der Waals surface area contributed by atoms with Crippen molar-refractivity contribution in [1.29, 1.82) is 0 Å². The van der Waals surface area contributed by atoms with Gasteiger partial charge in [0.05, 0.1) is 24.8 Å². The highest BCUT2D eigenvalue weighted by Gasteiger charge is 2.55. The maximum Gasteiger partial charge on any atom is 0.362 e. The molecule has 1 aliphatic heterocycles. The number of β-lactam (4-membered cyclic amide) rings is 1. The highest BCUT2D eigenvalue weighted by atomic mass is 32.2. The second kappa shape index (κ2) is 10.9. The number of nitrogen functional groups attached to an aromatic ring is 1. The molecule has 1 aromatic rings. The Morgan fingerprint density at radius 1 is 1.37 bits per heavy atom. The quantitative estimate of drug-likeness (QED) is 0.0315. The second-order valence-corrected chi connectivity index (χ2v) is 10.1. The molecule has 2 aliphatic rings. The van der Waals surface area contributed by atoms with Crippen LogP contribution in [-0.2, 0) is 29.5 Å². The van der Waals surface area contributed by atoms with E-state index in [1.54, 1.807) is 0 Å². The number of nitrogens with one attached hydrogen (secondary N) is 1. The summed E-state index contributed by atoms with van der Waals surface area (Å²) in [5.74, 6) is 1.46. The minimum Gasteiger partial charge on any atom is -0.478 e. The molecule has 2 fully saturated rings. The molecule has 2 heterocycles. The van der Waals surface area contributed by atoms with Crippen LogP contribution >= 0.6 is 11.3 Å². The molecule has 0 radical (unpaired) electrons. The molecule has 0 spiro atoms. The van der Waals surface area contributed by atoms with Crippen LogP contribution in [0.3, 0.4) is 0 Å². The molecule has 21 heteroatoms. The van der Waals surface area contributed by atoms with Gasteiger partial charge in [-0.1, -0.05) is 5.16 Å². The van der Waals surface area contributed by atoms with Gasteiger partial charge in [-0.2, -0.15) is 13.5 Å². The predicted octanol–water partition coefficient (Wildman–Crippen LogP) is -3.78. The van der Waals surface area contributed by atoms with Crippen molar-refractivity contribution in [3.05, 3.63) is 11.1 Å². The van der Waals surface area contributed by atoms with Crippen LogP contribution in [0.2, 0.25) is 0 Å². The largest absolute Gasteiger partial charge is 0.478 e. The fourth-order valence-corrected chi connectivity index (χ4v) is 4.51. The lowest BCUT2D eigenvalue weighted by atomic mass is 9.98. The lowest BCUT2D eigenvalue weighted by Gasteiger charge is -2.43. The number of guanidine groups is 1. The number of aliphatic imine (C=N–C) groups is 2. The van der Waals surface area contributed by atoms with Crippen LogP contribution in [0.5, 0.6) is 0 Å². The monoisotopic (exact) mass is 573 g/mol. The Morgan fingerprint density at radius 3 is 2.55 bits per heavy atom. The van der Waals surface area contributed by atoms with Crippen molar-refractivity contribution < 1.29 is 37.3 Å². The molecule has 38 heavy (non-hydrogen) atoms. The third-order valence-corrected chi connectivity index (χ3v) is 6.83. The summed E-state index contributed by atoms with van der Waals surface area (Å²) >= 11 is 0.951. The van der Waals surface area contributed by atoms with Crippen LogP contribution in [-0.4, -0.2) is 99.5 Å². The summed E-state index contributed by atoms with van der Waals surface area (Å²) < 4.78 is 33.0. The third kappa shape index (κ3) is 6.30. The normalized spacial score (nSPS) is 21.1. The number of hydrogen-bond donors (Lipinski definition) is 7. The van der Waals surface area contributed by atoms with Crippen LogP contribution in [0.25, 0.3) is 0 Å².